The number of hydrogen-bond acceptors (Lipinski definition) is 2. The number of carbonyl (C=O) groups is 1. The Kier molecular flexibility index (Phi) is 4.46. The molecule has 4 aromatic rings. The van der Waals surface area contributed by atoms with Gasteiger partial charge in [0.1, 0.15) is 5.82 Å². The molecule has 0 aliphatic heterocycles. The van der Waals surface area contributed by atoms with Crippen molar-refractivity contribution in [1.29, 1.82) is 0 Å². The van der Waals surface area contributed by atoms with E-state index >= 15 is 0 Å². The Bertz CT molecular complexity index is 1050. The summed E-state index contributed by atoms with van der Waals surface area (Å²) in [6.45, 7) is 0.562. The molecule has 0 spiro atoms. The molecule has 0 radical (unpaired) electrons. The zero-order valence-electron chi connectivity index (χ0n) is 13.9. The van der Waals surface area contributed by atoms with Crippen molar-refractivity contribution in [2.24, 2.45) is 0 Å². The van der Waals surface area contributed by atoms with Crippen LogP contribution in [0.25, 0.3) is 10.9 Å². The molecule has 0 bridgehead atoms. The van der Waals surface area contributed by atoms with Crippen LogP contribution >= 0.6 is 11.6 Å². The number of aromatic amines is 1. The third kappa shape index (κ3) is 3.48. The second kappa shape index (κ2) is 7.06. The first kappa shape index (κ1) is 16.4. The lowest BCUT2D eigenvalue weighted by molar-refractivity contribution is -0.115. The first-order valence-electron chi connectivity index (χ1n) is 8.30. The highest BCUT2D eigenvalue weighted by molar-refractivity contribution is 6.30. The third-order valence-corrected chi connectivity index (χ3v) is 4.51. The first-order valence-corrected chi connectivity index (χ1v) is 8.68. The summed E-state index contributed by atoms with van der Waals surface area (Å²) in [6.07, 6.45) is 3.86. The lowest BCUT2D eigenvalue weighted by Crippen LogP contribution is -2.17. The van der Waals surface area contributed by atoms with E-state index in [1.165, 1.54) is 0 Å². The summed E-state index contributed by atoms with van der Waals surface area (Å²) in [7, 11) is 0. The van der Waals surface area contributed by atoms with Crippen LogP contribution in [0.5, 0.6) is 0 Å². The van der Waals surface area contributed by atoms with Gasteiger partial charge in [-0.3, -0.25) is 4.79 Å². The number of fused-ring (bicyclic) bond motifs is 1. The summed E-state index contributed by atoms with van der Waals surface area (Å²) in [6, 6.07) is 17.3. The zero-order chi connectivity index (χ0) is 17.9. The van der Waals surface area contributed by atoms with Crippen LogP contribution < -0.4 is 5.32 Å². The maximum Gasteiger partial charge on any atom is 0.230 e. The molecule has 1 amide bonds. The van der Waals surface area contributed by atoms with Crippen molar-refractivity contribution < 1.29 is 4.79 Å². The molecule has 6 heteroatoms. The number of para-hydroxylation sites is 1. The number of hydrogen-bond donors (Lipinski definition) is 2. The van der Waals surface area contributed by atoms with Gasteiger partial charge in [-0.05, 0) is 29.3 Å². The third-order valence-electron chi connectivity index (χ3n) is 4.26. The molecule has 130 valence electrons. The second-order valence-electron chi connectivity index (χ2n) is 6.09. The summed E-state index contributed by atoms with van der Waals surface area (Å²) in [4.78, 5) is 15.7. The van der Waals surface area contributed by atoms with Crippen LogP contribution in [-0.2, 0) is 17.8 Å². The van der Waals surface area contributed by atoms with E-state index < -0.39 is 0 Å². The average Bonchev–Trinajstić information content (AvgIpc) is 3.24. The number of carbonyl (C=O) groups excluding carboxylic acids is 1. The minimum atomic E-state index is -0.0763. The van der Waals surface area contributed by atoms with Gasteiger partial charge < -0.3 is 10.3 Å². The summed E-state index contributed by atoms with van der Waals surface area (Å²) < 4.78 is 1.76. The van der Waals surface area contributed by atoms with E-state index in [1.54, 1.807) is 16.9 Å². The number of H-pyrrole nitrogens is 1. The van der Waals surface area contributed by atoms with Gasteiger partial charge in [0.15, 0.2) is 0 Å². The number of nitrogens with zero attached hydrogens (tertiary/aromatic N) is 2. The fourth-order valence-corrected chi connectivity index (χ4v) is 3.09. The minimum Gasteiger partial charge on any atom is -0.361 e. The summed E-state index contributed by atoms with van der Waals surface area (Å²) in [5.41, 5.74) is 3.06. The number of amides is 1. The maximum atomic E-state index is 12.5. The molecule has 5 nitrogen and oxygen atoms in total. The van der Waals surface area contributed by atoms with Gasteiger partial charge in [-0.15, -0.1) is 0 Å². The monoisotopic (exact) mass is 364 g/mol. The number of aromatic nitrogens is 3. The van der Waals surface area contributed by atoms with Crippen molar-refractivity contribution in [2.45, 2.75) is 13.0 Å². The predicted octanol–water partition coefficient (Wildman–Crippen LogP) is 4.25. The van der Waals surface area contributed by atoms with E-state index in [-0.39, 0.29) is 5.91 Å². The fraction of sp³-hybridized carbons (Fsp3) is 0.100. The van der Waals surface area contributed by atoms with Crippen molar-refractivity contribution >= 4 is 34.2 Å². The molecule has 0 unspecified atom stereocenters. The number of rotatable bonds is 5. The lowest BCUT2D eigenvalue weighted by atomic mass is 10.1. The molecule has 26 heavy (non-hydrogen) atoms. The summed E-state index contributed by atoms with van der Waals surface area (Å²) in [5.74, 6) is 0.595. The van der Waals surface area contributed by atoms with Gasteiger partial charge in [-0.2, -0.15) is 5.10 Å². The second-order valence-corrected chi connectivity index (χ2v) is 6.52. The van der Waals surface area contributed by atoms with Gasteiger partial charge in [0.2, 0.25) is 5.91 Å². The first-order chi connectivity index (χ1) is 12.7. The van der Waals surface area contributed by atoms with Gasteiger partial charge in [-0.25, -0.2) is 4.68 Å². The topological polar surface area (TPSA) is 62.7 Å². The van der Waals surface area contributed by atoms with Crippen LogP contribution in [0.1, 0.15) is 11.1 Å². The van der Waals surface area contributed by atoms with Crippen LogP contribution in [0, 0.1) is 0 Å². The molecule has 4 rings (SSSR count). The number of halogens is 1. The largest absolute Gasteiger partial charge is 0.361 e. The molecule has 2 aromatic heterocycles. The Morgan fingerprint density at radius 3 is 2.77 bits per heavy atom. The molecular weight excluding hydrogens is 348 g/mol. The molecule has 0 fully saturated rings. The van der Waals surface area contributed by atoms with Crippen LogP contribution in [0.2, 0.25) is 5.02 Å². The molecule has 0 atom stereocenters. The molecule has 2 N–H and O–H groups in total. The molecule has 2 aromatic carbocycles. The number of anilines is 1. The Morgan fingerprint density at radius 2 is 1.92 bits per heavy atom. The van der Waals surface area contributed by atoms with E-state index in [9.17, 15) is 4.79 Å². The van der Waals surface area contributed by atoms with Crippen LogP contribution in [0.3, 0.4) is 0 Å². The van der Waals surface area contributed by atoms with Crippen molar-refractivity contribution in [3.63, 3.8) is 0 Å². The van der Waals surface area contributed by atoms with E-state index in [0.29, 0.717) is 23.8 Å². The number of nitrogens with one attached hydrogen (secondary N) is 2. The summed E-state index contributed by atoms with van der Waals surface area (Å²) >= 11 is 5.92. The molecule has 0 aliphatic carbocycles. The standard InChI is InChI=1S/C20H17ClN4O/c21-16-7-5-14(6-8-16)13-25-19(9-10-23-25)24-20(26)11-15-12-22-18-4-2-1-3-17(15)18/h1-10,12,22H,11,13H2,(H,24,26). The number of benzene rings is 2. The fourth-order valence-electron chi connectivity index (χ4n) is 2.97. The van der Waals surface area contributed by atoms with Gasteiger partial charge >= 0.3 is 0 Å². The van der Waals surface area contributed by atoms with Crippen LogP contribution in [0.15, 0.2) is 67.0 Å². The van der Waals surface area contributed by atoms with E-state index in [2.05, 4.69) is 15.4 Å². The molecule has 2 heterocycles. The van der Waals surface area contributed by atoms with E-state index in [4.69, 9.17) is 11.6 Å². The van der Waals surface area contributed by atoms with Crippen molar-refractivity contribution in [2.75, 3.05) is 5.32 Å². The molecule has 0 saturated heterocycles. The molecular formula is C20H17ClN4O. The normalized spacial score (nSPS) is 11.0. The van der Waals surface area contributed by atoms with Crippen molar-refractivity contribution in [1.82, 2.24) is 14.8 Å². The quantitative estimate of drug-likeness (QED) is 0.556. The highest BCUT2D eigenvalue weighted by atomic mass is 35.5. The van der Waals surface area contributed by atoms with E-state index in [0.717, 1.165) is 22.0 Å². The average molecular weight is 365 g/mol. The smallest absolute Gasteiger partial charge is 0.230 e. The zero-order valence-corrected chi connectivity index (χ0v) is 14.7. The minimum absolute atomic E-state index is 0.0763. The Morgan fingerprint density at radius 1 is 1.12 bits per heavy atom. The Hall–Kier alpha value is -3.05. The highest BCUT2D eigenvalue weighted by Gasteiger charge is 2.11. The van der Waals surface area contributed by atoms with Gasteiger partial charge in [-0.1, -0.05) is 41.9 Å². The van der Waals surface area contributed by atoms with Crippen LogP contribution in [-0.4, -0.2) is 20.7 Å². The Balaban J connectivity index is 1.46. The predicted molar refractivity (Wildman–Crippen MR) is 103 cm³/mol. The lowest BCUT2D eigenvalue weighted by Gasteiger charge is -2.09. The maximum absolute atomic E-state index is 12.5. The van der Waals surface area contributed by atoms with Crippen molar-refractivity contribution in [3.8, 4) is 0 Å². The highest BCUT2D eigenvalue weighted by Crippen LogP contribution is 2.19. The van der Waals surface area contributed by atoms with Crippen molar-refractivity contribution in [3.05, 3.63) is 83.1 Å². The molecule has 0 saturated carbocycles. The van der Waals surface area contributed by atoms with Gasteiger partial charge in [0.05, 0.1) is 19.2 Å². The molecule has 0 aliphatic rings. The van der Waals surface area contributed by atoms with Gasteiger partial charge in [0.25, 0.3) is 0 Å². The summed E-state index contributed by atoms with van der Waals surface area (Å²) in [5, 5.41) is 9.01. The SMILES string of the molecule is O=C(Cc1c[nH]c2ccccc12)Nc1ccnn1Cc1ccc(Cl)cc1. The van der Waals surface area contributed by atoms with Gasteiger partial charge in [0, 0.05) is 28.2 Å². The van der Waals surface area contributed by atoms with E-state index in [1.807, 2.05) is 54.7 Å². The van der Waals surface area contributed by atoms with Crippen LogP contribution in [0.4, 0.5) is 5.82 Å². The Labute approximate surface area is 155 Å².